The van der Waals surface area contributed by atoms with Crippen molar-refractivity contribution < 1.29 is 80.2 Å². The van der Waals surface area contributed by atoms with Gasteiger partial charge in [0.05, 0.1) is 26.4 Å². The first-order chi connectivity index (χ1) is 42.3. The maximum atomic E-state index is 13.0. The van der Waals surface area contributed by atoms with Gasteiger partial charge in [0.15, 0.2) is 12.2 Å². The molecule has 0 saturated carbocycles. The predicted octanol–water partition coefficient (Wildman–Crippen LogP) is 19.5. The van der Waals surface area contributed by atoms with Crippen LogP contribution in [-0.4, -0.2) is 96.7 Å². The van der Waals surface area contributed by atoms with Crippen LogP contribution in [0.4, 0.5) is 0 Å². The van der Waals surface area contributed by atoms with Crippen LogP contribution in [0.1, 0.15) is 344 Å². The highest BCUT2D eigenvalue weighted by molar-refractivity contribution is 7.47. The molecular formula is C69H134O17P2. The summed E-state index contributed by atoms with van der Waals surface area (Å²) in [4.78, 5) is 72.5. The minimum Gasteiger partial charge on any atom is -0.462 e. The normalized spacial score (nSPS) is 14.5. The SMILES string of the molecule is CCCCCCCCCCCCCCC(=O)O[C@H](COC(=O)CCCCCCCCCCC(C)C)COP(=O)(O)OC[C@H](O)COP(=O)(O)OC[C@@H](COC(=O)CCCCCCCCCCC(C)CC)OC(=O)CCCCCCCCCCCCC(C)C. The van der Waals surface area contributed by atoms with E-state index < -0.39 is 97.5 Å². The molecule has 0 saturated heterocycles. The number of carbonyl (C=O) groups is 4. The van der Waals surface area contributed by atoms with Crippen LogP contribution in [0.2, 0.25) is 0 Å². The van der Waals surface area contributed by atoms with Crippen LogP contribution in [0, 0.1) is 17.8 Å². The molecule has 3 unspecified atom stereocenters. The van der Waals surface area contributed by atoms with Crippen molar-refractivity contribution >= 4 is 39.5 Å². The van der Waals surface area contributed by atoms with E-state index in [2.05, 4.69) is 48.5 Å². The van der Waals surface area contributed by atoms with Crippen LogP contribution in [-0.2, 0) is 65.4 Å². The van der Waals surface area contributed by atoms with E-state index in [9.17, 15) is 43.2 Å². The molecule has 0 aliphatic rings. The molecule has 0 aromatic heterocycles. The smallest absolute Gasteiger partial charge is 0.462 e. The molecule has 0 rings (SSSR count). The lowest BCUT2D eigenvalue weighted by Gasteiger charge is -2.21. The van der Waals surface area contributed by atoms with Crippen molar-refractivity contribution in [3.8, 4) is 0 Å². The van der Waals surface area contributed by atoms with Crippen LogP contribution in [0.25, 0.3) is 0 Å². The van der Waals surface area contributed by atoms with Crippen molar-refractivity contribution in [1.82, 2.24) is 0 Å². The Morgan fingerprint density at radius 3 is 0.864 bits per heavy atom. The summed E-state index contributed by atoms with van der Waals surface area (Å²) in [6.07, 6.45) is 42.9. The molecule has 0 aliphatic carbocycles. The molecule has 6 atom stereocenters. The van der Waals surface area contributed by atoms with Gasteiger partial charge in [-0.25, -0.2) is 9.13 Å². The van der Waals surface area contributed by atoms with Gasteiger partial charge in [0, 0.05) is 25.7 Å². The second kappa shape index (κ2) is 60.0. The lowest BCUT2D eigenvalue weighted by Crippen LogP contribution is -2.30. The van der Waals surface area contributed by atoms with Crippen LogP contribution >= 0.6 is 15.6 Å². The van der Waals surface area contributed by atoms with Gasteiger partial charge in [0.2, 0.25) is 0 Å². The first-order valence-corrected chi connectivity index (χ1v) is 38.9. The topological polar surface area (TPSA) is 237 Å². The van der Waals surface area contributed by atoms with Crippen LogP contribution in [0.5, 0.6) is 0 Å². The quantitative estimate of drug-likeness (QED) is 0.0222. The highest BCUT2D eigenvalue weighted by Crippen LogP contribution is 2.45. The van der Waals surface area contributed by atoms with Crippen molar-refractivity contribution in [3.05, 3.63) is 0 Å². The van der Waals surface area contributed by atoms with Gasteiger partial charge in [-0.1, -0.05) is 292 Å². The van der Waals surface area contributed by atoms with E-state index in [1.807, 2.05) is 0 Å². The molecule has 19 heteroatoms. The van der Waals surface area contributed by atoms with E-state index in [1.54, 1.807) is 0 Å². The van der Waals surface area contributed by atoms with Gasteiger partial charge in [0.1, 0.15) is 19.3 Å². The number of rotatable bonds is 67. The highest BCUT2D eigenvalue weighted by atomic mass is 31.2. The lowest BCUT2D eigenvalue weighted by molar-refractivity contribution is -0.161. The fourth-order valence-corrected chi connectivity index (χ4v) is 11.9. The minimum absolute atomic E-state index is 0.105. The van der Waals surface area contributed by atoms with Gasteiger partial charge in [0.25, 0.3) is 0 Å². The van der Waals surface area contributed by atoms with Gasteiger partial charge in [-0.05, 0) is 43.4 Å². The Hall–Kier alpha value is -1.94. The van der Waals surface area contributed by atoms with E-state index in [0.717, 1.165) is 108 Å². The average Bonchev–Trinajstić information content (AvgIpc) is 3.71. The van der Waals surface area contributed by atoms with Gasteiger partial charge in [-0.3, -0.25) is 37.3 Å². The molecule has 0 aliphatic heterocycles. The molecule has 0 radical (unpaired) electrons. The molecule has 17 nitrogen and oxygen atoms in total. The number of phosphoric acid groups is 2. The minimum atomic E-state index is -4.95. The highest BCUT2D eigenvalue weighted by Gasteiger charge is 2.30. The summed E-state index contributed by atoms with van der Waals surface area (Å²) in [6.45, 7) is 11.8. The molecule has 0 aromatic carbocycles. The van der Waals surface area contributed by atoms with Gasteiger partial charge in [-0.15, -0.1) is 0 Å². The van der Waals surface area contributed by atoms with E-state index in [4.69, 9.17) is 37.0 Å². The van der Waals surface area contributed by atoms with E-state index in [-0.39, 0.29) is 25.7 Å². The number of aliphatic hydroxyl groups is 1. The summed E-state index contributed by atoms with van der Waals surface area (Å²) in [6, 6.07) is 0. The summed E-state index contributed by atoms with van der Waals surface area (Å²) in [5.41, 5.74) is 0. The Morgan fingerprint density at radius 2 is 0.580 bits per heavy atom. The summed E-state index contributed by atoms with van der Waals surface area (Å²) in [5.74, 6) is 0.129. The zero-order valence-electron chi connectivity index (χ0n) is 57.2. The van der Waals surface area contributed by atoms with Crippen LogP contribution in [0.15, 0.2) is 0 Å². The summed E-state index contributed by atoms with van der Waals surface area (Å²) >= 11 is 0. The van der Waals surface area contributed by atoms with Crippen LogP contribution in [0.3, 0.4) is 0 Å². The second-order valence-electron chi connectivity index (χ2n) is 26.1. The molecular weight excluding hydrogens is 1160 g/mol. The molecule has 0 aromatic rings. The fourth-order valence-electron chi connectivity index (χ4n) is 10.3. The Labute approximate surface area is 537 Å². The summed E-state index contributed by atoms with van der Waals surface area (Å²) in [5, 5.41) is 10.6. The number of hydrogen-bond donors (Lipinski definition) is 3. The molecule has 88 heavy (non-hydrogen) atoms. The Balaban J connectivity index is 5.27. The van der Waals surface area contributed by atoms with Crippen molar-refractivity contribution in [3.63, 3.8) is 0 Å². The van der Waals surface area contributed by atoms with Crippen molar-refractivity contribution in [2.75, 3.05) is 39.6 Å². The molecule has 0 fully saturated rings. The maximum absolute atomic E-state index is 13.0. The molecule has 3 N–H and O–H groups in total. The standard InChI is InChI=1S/C69H134O17P2/c1-8-10-11-12-13-14-15-16-20-31-38-45-52-68(73)85-64(56-79-66(71)50-43-36-29-24-22-27-34-41-48-61(5)6)58-83-87(75,76)81-54-63(70)55-82-88(77,78)84-59-65(57-80-67(72)51-44-37-30-25-23-28-35-42-49-62(7)9-2)86-69(74)53-46-39-32-21-18-17-19-26-33-40-47-60(3)4/h60-65,70H,8-59H2,1-7H3,(H,75,76)(H,77,78)/t62?,63-,64+,65+/m0/s1. The first-order valence-electron chi connectivity index (χ1n) is 35.9. The number of aliphatic hydroxyl groups excluding tert-OH is 1. The molecule has 0 bridgehead atoms. The third-order valence-corrected chi connectivity index (χ3v) is 18.1. The third kappa shape index (κ3) is 61.6. The number of hydrogen-bond acceptors (Lipinski definition) is 15. The van der Waals surface area contributed by atoms with E-state index in [1.165, 1.54) is 154 Å². The molecule has 0 heterocycles. The number of phosphoric ester groups is 2. The molecule has 522 valence electrons. The van der Waals surface area contributed by atoms with E-state index >= 15 is 0 Å². The Bertz CT molecular complexity index is 1730. The van der Waals surface area contributed by atoms with Crippen molar-refractivity contribution in [1.29, 1.82) is 0 Å². The third-order valence-electron chi connectivity index (χ3n) is 16.2. The zero-order chi connectivity index (χ0) is 65.2. The number of unbranched alkanes of at least 4 members (excludes halogenated alkanes) is 34. The van der Waals surface area contributed by atoms with Gasteiger partial charge < -0.3 is 33.8 Å². The second-order valence-corrected chi connectivity index (χ2v) is 29.0. The monoisotopic (exact) mass is 1300 g/mol. The largest absolute Gasteiger partial charge is 0.472 e. The molecule has 0 amide bonds. The zero-order valence-corrected chi connectivity index (χ0v) is 59.0. The number of ether oxygens (including phenoxy) is 4. The van der Waals surface area contributed by atoms with Crippen molar-refractivity contribution in [2.45, 2.75) is 362 Å². The predicted molar refractivity (Wildman–Crippen MR) is 354 cm³/mol. The Kier molecular flexibility index (Phi) is 58.7. The first kappa shape index (κ1) is 86.1. The average molecular weight is 1300 g/mol. The fraction of sp³-hybridized carbons (Fsp3) is 0.942. The number of esters is 4. The summed E-state index contributed by atoms with van der Waals surface area (Å²) < 4.78 is 68.2. The lowest BCUT2D eigenvalue weighted by atomic mass is 9.99. The number of carbonyl (C=O) groups excluding carboxylic acids is 4. The van der Waals surface area contributed by atoms with Crippen molar-refractivity contribution in [2.24, 2.45) is 17.8 Å². The summed E-state index contributed by atoms with van der Waals surface area (Å²) in [7, 11) is -9.90. The van der Waals surface area contributed by atoms with E-state index in [0.29, 0.717) is 25.7 Å². The molecule has 0 spiro atoms. The maximum Gasteiger partial charge on any atom is 0.472 e. The van der Waals surface area contributed by atoms with Crippen LogP contribution < -0.4 is 0 Å². The Morgan fingerprint density at radius 1 is 0.330 bits per heavy atom. The van der Waals surface area contributed by atoms with Gasteiger partial charge in [-0.2, -0.15) is 0 Å². The van der Waals surface area contributed by atoms with Gasteiger partial charge >= 0.3 is 39.5 Å².